The minimum Gasteiger partial charge on any atom is -0.369 e. The summed E-state index contributed by atoms with van der Waals surface area (Å²) in [7, 11) is 1.86. The predicted octanol–water partition coefficient (Wildman–Crippen LogP) is 0.546. The molecule has 0 spiro atoms. The lowest BCUT2D eigenvalue weighted by Crippen LogP contribution is -2.46. The van der Waals surface area contributed by atoms with Gasteiger partial charge in [-0.05, 0) is 45.7 Å². The predicted molar refractivity (Wildman–Crippen MR) is 92.3 cm³/mol. The fourth-order valence-corrected chi connectivity index (χ4v) is 3.40. The van der Waals surface area contributed by atoms with E-state index < -0.39 is 0 Å². The maximum Gasteiger partial charge on any atom is 0.231 e. The van der Waals surface area contributed by atoms with Gasteiger partial charge in [-0.2, -0.15) is 5.10 Å². The van der Waals surface area contributed by atoms with Gasteiger partial charge in [-0.3, -0.25) is 19.2 Å². The maximum absolute atomic E-state index is 12.6. The Bertz CT molecular complexity index is 584. The molecule has 1 saturated heterocycles. The molecule has 0 saturated carbocycles. The second-order valence-electron chi connectivity index (χ2n) is 6.80. The van der Waals surface area contributed by atoms with Crippen molar-refractivity contribution >= 4 is 11.8 Å². The molecule has 1 aliphatic heterocycles. The summed E-state index contributed by atoms with van der Waals surface area (Å²) in [5.41, 5.74) is 7.43. The summed E-state index contributed by atoms with van der Waals surface area (Å²) in [5, 5.41) is 4.44. The quantitative estimate of drug-likeness (QED) is 0.788. The number of primary amides is 1. The topological polar surface area (TPSA) is 84.5 Å². The van der Waals surface area contributed by atoms with Crippen LogP contribution in [0.4, 0.5) is 0 Å². The number of hydrogen-bond donors (Lipinski definition) is 1. The van der Waals surface area contributed by atoms with E-state index in [1.807, 2.05) is 35.4 Å². The lowest BCUT2D eigenvalue weighted by atomic mass is 9.96. The smallest absolute Gasteiger partial charge is 0.231 e. The Balaban J connectivity index is 1.78. The van der Waals surface area contributed by atoms with Crippen LogP contribution in [0.3, 0.4) is 0 Å². The van der Waals surface area contributed by atoms with Gasteiger partial charge in [0.05, 0.1) is 18.2 Å². The zero-order chi connectivity index (χ0) is 17.7. The van der Waals surface area contributed by atoms with Crippen molar-refractivity contribution in [2.24, 2.45) is 11.7 Å². The first-order valence-electron chi connectivity index (χ1n) is 8.63. The highest BCUT2D eigenvalue weighted by molar-refractivity contribution is 5.79. The molecule has 0 aromatic carbocycles. The number of nitrogens with zero attached hydrogens (tertiary/aromatic N) is 4. The van der Waals surface area contributed by atoms with E-state index in [0.29, 0.717) is 13.1 Å². The van der Waals surface area contributed by atoms with Crippen LogP contribution < -0.4 is 5.73 Å². The highest BCUT2D eigenvalue weighted by Gasteiger charge is 2.28. The van der Waals surface area contributed by atoms with Gasteiger partial charge in [-0.15, -0.1) is 0 Å². The summed E-state index contributed by atoms with van der Waals surface area (Å²) >= 11 is 0. The van der Waals surface area contributed by atoms with Gasteiger partial charge in [0.2, 0.25) is 11.8 Å². The molecule has 0 radical (unpaired) electrons. The Hall–Kier alpha value is -1.89. The third-order valence-corrected chi connectivity index (χ3v) is 4.58. The molecular formula is C17H29N5O2. The number of piperidine rings is 1. The van der Waals surface area contributed by atoms with E-state index in [0.717, 1.165) is 43.7 Å². The van der Waals surface area contributed by atoms with Crippen LogP contribution in [0.2, 0.25) is 0 Å². The Labute approximate surface area is 143 Å². The van der Waals surface area contributed by atoms with Crippen LogP contribution >= 0.6 is 0 Å². The number of rotatable bonds is 7. The van der Waals surface area contributed by atoms with Gasteiger partial charge in [0, 0.05) is 32.4 Å². The molecule has 24 heavy (non-hydrogen) atoms. The summed E-state index contributed by atoms with van der Waals surface area (Å²) in [6.45, 7) is 7.27. The van der Waals surface area contributed by atoms with E-state index in [2.05, 4.69) is 11.2 Å². The average Bonchev–Trinajstić information content (AvgIpc) is 2.84. The lowest BCUT2D eigenvalue weighted by molar-refractivity contribution is -0.136. The van der Waals surface area contributed by atoms with Crippen LogP contribution in [0.1, 0.15) is 30.7 Å². The van der Waals surface area contributed by atoms with Gasteiger partial charge in [-0.25, -0.2) is 0 Å². The van der Waals surface area contributed by atoms with Crippen LogP contribution in [0, 0.1) is 19.8 Å². The van der Waals surface area contributed by atoms with E-state index in [1.54, 1.807) is 0 Å². The van der Waals surface area contributed by atoms with Crippen LogP contribution in [-0.2, 0) is 16.1 Å². The number of hydrogen-bond acceptors (Lipinski definition) is 4. The summed E-state index contributed by atoms with van der Waals surface area (Å²) in [5.74, 6) is -0.198. The fraction of sp³-hybridized carbons (Fsp3) is 0.706. The van der Waals surface area contributed by atoms with E-state index in [1.165, 1.54) is 0 Å². The number of carbonyl (C=O) groups is 2. The molecule has 2 heterocycles. The van der Waals surface area contributed by atoms with E-state index >= 15 is 0 Å². The molecule has 0 aliphatic carbocycles. The second kappa shape index (κ2) is 8.28. The monoisotopic (exact) mass is 335 g/mol. The molecule has 2 amide bonds. The zero-order valence-electron chi connectivity index (χ0n) is 15.0. The van der Waals surface area contributed by atoms with Crippen molar-refractivity contribution in [1.82, 2.24) is 19.6 Å². The fourth-order valence-electron chi connectivity index (χ4n) is 3.40. The number of aryl methyl sites for hydroxylation is 3. The first-order valence-corrected chi connectivity index (χ1v) is 8.63. The maximum atomic E-state index is 12.6. The van der Waals surface area contributed by atoms with Crippen molar-refractivity contribution in [3.8, 4) is 0 Å². The van der Waals surface area contributed by atoms with Crippen molar-refractivity contribution in [3.63, 3.8) is 0 Å². The zero-order valence-corrected chi connectivity index (χ0v) is 15.0. The molecule has 1 unspecified atom stereocenters. The van der Waals surface area contributed by atoms with Crippen LogP contribution in [0.15, 0.2) is 6.07 Å². The molecule has 1 aliphatic rings. The van der Waals surface area contributed by atoms with Gasteiger partial charge in [0.15, 0.2) is 0 Å². The Kier molecular flexibility index (Phi) is 6.36. The third-order valence-electron chi connectivity index (χ3n) is 4.58. The van der Waals surface area contributed by atoms with Crippen molar-refractivity contribution in [3.05, 3.63) is 17.5 Å². The molecule has 0 bridgehead atoms. The highest BCUT2D eigenvalue weighted by atomic mass is 16.2. The van der Waals surface area contributed by atoms with E-state index in [4.69, 9.17) is 5.73 Å². The lowest BCUT2D eigenvalue weighted by Gasteiger charge is -2.33. The molecule has 2 rings (SSSR count). The van der Waals surface area contributed by atoms with Gasteiger partial charge in [-0.1, -0.05) is 0 Å². The standard InChI is InChI=1S/C17H29N5O2/c1-13-10-14(2)22(19-13)9-5-7-20(3)17(24)15-6-4-8-21(11-15)12-16(18)23/h10,15H,4-9,11-12H2,1-3H3,(H2,18,23). The minimum atomic E-state index is -0.332. The molecule has 1 fully saturated rings. The third kappa shape index (κ3) is 5.06. The van der Waals surface area contributed by atoms with Crippen LogP contribution in [0.5, 0.6) is 0 Å². The Morgan fingerprint density at radius 2 is 2.17 bits per heavy atom. The summed E-state index contributed by atoms with van der Waals surface area (Å²) in [4.78, 5) is 27.5. The van der Waals surface area contributed by atoms with Gasteiger partial charge < -0.3 is 10.6 Å². The van der Waals surface area contributed by atoms with Gasteiger partial charge in [0.1, 0.15) is 0 Å². The number of carbonyl (C=O) groups excluding carboxylic acids is 2. The number of aromatic nitrogens is 2. The molecule has 2 N–H and O–H groups in total. The van der Waals surface area contributed by atoms with Crippen molar-refractivity contribution in [1.29, 1.82) is 0 Å². The Morgan fingerprint density at radius 1 is 1.42 bits per heavy atom. The molecular weight excluding hydrogens is 306 g/mol. The highest BCUT2D eigenvalue weighted by Crippen LogP contribution is 2.18. The molecule has 1 aromatic heterocycles. The van der Waals surface area contributed by atoms with Crippen LogP contribution in [-0.4, -0.2) is 64.6 Å². The van der Waals surface area contributed by atoms with Crippen LogP contribution in [0.25, 0.3) is 0 Å². The minimum absolute atomic E-state index is 0.0308. The van der Waals surface area contributed by atoms with Gasteiger partial charge >= 0.3 is 0 Å². The Morgan fingerprint density at radius 3 is 2.79 bits per heavy atom. The molecule has 1 aromatic rings. The molecule has 134 valence electrons. The summed E-state index contributed by atoms with van der Waals surface area (Å²) in [6.07, 6.45) is 2.70. The largest absolute Gasteiger partial charge is 0.369 e. The summed E-state index contributed by atoms with van der Waals surface area (Å²) in [6, 6.07) is 2.06. The number of amides is 2. The molecule has 7 nitrogen and oxygen atoms in total. The molecule has 7 heteroatoms. The first kappa shape index (κ1) is 18.4. The van der Waals surface area contributed by atoms with Gasteiger partial charge in [0.25, 0.3) is 0 Å². The number of likely N-dealkylation sites (tertiary alicyclic amines) is 1. The van der Waals surface area contributed by atoms with Crippen molar-refractivity contribution < 1.29 is 9.59 Å². The SMILES string of the molecule is Cc1cc(C)n(CCCN(C)C(=O)C2CCCN(CC(N)=O)C2)n1. The first-order chi connectivity index (χ1) is 11.4. The average molecular weight is 335 g/mol. The second-order valence-corrected chi connectivity index (χ2v) is 6.80. The molecule has 1 atom stereocenters. The van der Waals surface area contributed by atoms with E-state index in [-0.39, 0.29) is 24.3 Å². The summed E-state index contributed by atoms with van der Waals surface area (Å²) < 4.78 is 1.99. The normalized spacial score (nSPS) is 18.5. The number of nitrogens with two attached hydrogens (primary N) is 1. The van der Waals surface area contributed by atoms with E-state index in [9.17, 15) is 9.59 Å². The van der Waals surface area contributed by atoms with Crippen molar-refractivity contribution in [2.45, 2.75) is 39.7 Å². The van der Waals surface area contributed by atoms with Crippen molar-refractivity contribution in [2.75, 3.05) is 33.2 Å².